The average Bonchev–Trinajstić information content (AvgIpc) is 1.94. The number of anilines is 1. The van der Waals surface area contributed by atoms with Gasteiger partial charge in [-0.3, -0.25) is 0 Å². The van der Waals surface area contributed by atoms with E-state index in [9.17, 15) is 0 Å². The third kappa shape index (κ3) is 1.83. The highest BCUT2D eigenvalue weighted by Gasteiger charge is 1.94. The van der Waals surface area contributed by atoms with Crippen LogP contribution in [0.4, 0.5) is 5.69 Å². The van der Waals surface area contributed by atoms with E-state index in [0.717, 1.165) is 15.9 Å². The van der Waals surface area contributed by atoms with Crippen LogP contribution < -0.4 is 5.32 Å². The first-order valence-corrected chi connectivity index (χ1v) is 4.27. The second kappa shape index (κ2) is 3.75. The molecule has 0 saturated carbocycles. The van der Waals surface area contributed by atoms with Crippen molar-refractivity contribution < 1.29 is 0 Å². The maximum atomic E-state index is 4.12. The molecule has 1 rings (SSSR count). The molecule has 1 N–H and O–H groups in total. The molecular formula is C7H9IN2. The van der Waals surface area contributed by atoms with Gasteiger partial charge in [-0.05, 0) is 41.6 Å². The molecule has 0 radical (unpaired) electrons. The van der Waals surface area contributed by atoms with Gasteiger partial charge in [0, 0.05) is 12.7 Å². The van der Waals surface area contributed by atoms with Crippen LogP contribution in [0.5, 0.6) is 0 Å². The minimum Gasteiger partial charge on any atom is -0.383 e. The van der Waals surface area contributed by atoms with Gasteiger partial charge in [0.05, 0.1) is 5.69 Å². The van der Waals surface area contributed by atoms with E-state index in [1.807, 2.05) is 12.1 Å². The van der Waals surface area contributed by atoms with Crippen LogP contribution in [0.1, 0.15) is 6.92 Å². The molecule has 0 saturated heterocycles. The lowest BCUT2D eigenvalue weighted by molar-refractivity contribution is 1.17. The third-order valence-corrected chi connectivity index (χ3v) is 1.99. The molecule has 0 aromatic carbocycles. The first kappa shape index (κ1) is 7.78. The number of hydrogen-bond donors (Lipinski definition) is 1. The molecule has 10 heavy (non-hydrogen) atoms. The second-order valence-corrected chi connectivity index (χ2v) is 2.89. The maximum absolute atomic E-state index is 4.12. The molecule has 1 aromatic heterocycles. The average molecular weight is 248 g/mol. The third-order valence-electron chi connectivity index (χ3n) is 1.13. The molecule has 0 aliphatic heterocycles. The number of pyridine rings is 1. The molecule has 0 bridgehead atoms. The van der Waals surface area contributed by atoms with Gasteiger partial charge < -0.3 is 5.32 Å². The Morgan fingerprint density at radius 3 is 3.10 bits per heavy atom. The standard InChI is InChI=1S/C7H9IN2/c1-2-9-6-4-3-5-10-7(6)8/h3-5,9H,2H2,1H3. The van der Waals surface area contributed by atoms with Gasteiger partial charge in [0.15, 0.2) is 0 Å². The SMILES string of the molecule is CCNc1cccnc1I. The molecule has 0 aliphatic carbocycles. The van der Waals surface area contributed by atoms with Gasteiger partial charge >= 0.3 is 0 Å². The largest absolute Gasteiger partial charge is 0.383 e. The molecule has 0 unspecified atom stereocenters. The van der Waals surface area contributed by atoms with Crippen molar-refractivity contribution in [2.45, 2.75) is 6.92 Å². The number of nitrogens with one attached hydrogen (secondary N) is 1. The molecule has 3 heteroatoms. The summed E-state index contributed by atoms with van der Waals surface area (Å²) < 4.78 is 1.03. The number of aromatic nitrogens is 1. The molecule has 0 aliphatic rings. The molecule has 2 nitrogen and oxygen atoms in total. The molecule has 0 atom stereocenters. The highest BCUT2D eigenvalue weighted by Crippen LogP contribution is 2.12. The molecular weight excluding hydrogens is 239 g/mol. The first-order valence-electron chi connectivity index (χ1n) is 3.19. The van der Waals surface area contributed by atoms with Gasteiger partial charge in [-0.25, -0.2) is 4.98 Å². The summed E-state index contributed by atoms with van der Waals surface area (Å²) in [5.74, 6) is 0. The normalized spacial score (nSPS) is 9.40. The highest BCUT2D eigenvalue weighted by atomic mass is 127. The summed E-state index contributed by atoms with van der Waals surface area (Å²) in [7, 11) is 0. The number of rotatable bonds is 2. The van der Waals surface area contributed by atoms with Crippen LogP contribution in [0, 0.1) is 3.70 Å². The number of hydrogen-bond acceptors (Lipinski definition) is 2. The van der Waals surface area contributed by atoms with Gasteiger partial charge in [-0.2, -0.15) is 0 Å². The predicted octanol–water partition coefficient (Wildman–Crippen LogP) is 2.12. The van der Waals surface area contributed by atoms with Crippen molar-refractivity contribution in [3.05, 3.63) is 22.0 Å². The Kier molecular flexibility index (Phi) is 2.92. The Bertz CT molecular complexity index is 213. The van der Waals surface area contributed by atoms with Gasteiger partial charge in [-0.1, -0.05) is 0 Å². The van der Waals surface area contributed by atoms with Crippen molar-refractivity contribution in [1.82, 2.24) is 4.98 Å². The van der Waals surface area contributed by atoms with Crippen LogP contribution in [0.25, 0.3) is 0 Å². The minimum atomic E-state index is 0.946. The van der Waals surface area contributed by atoms with Gasteiger partial charge in [0.25, 0.3) is 0 Å². The zero-order chi connectivity index (χ0) is 7.40. The van der Waals surface area contributed by atoms with Gasteiger partial charge in [0.2, 0.25) is 0 Å². The van der Waals surface area contributed by atoms with E-state index in [4.69, 9.17) is 0 Å². The fourth-order valence-electron chi connectivity index (χ4n) is 0.708. The molecule has 0 spiro atoms. The second-order valence-electron chi connectivity index (χ2n) is 1.87. The summed E-state index contributed by atoms with van der Waals surface area (Å²) >= 11 is 2.21. The fourth-order valence-corrected chi connectivity index (χ4v) is 1.24. The van der Waals surface area contributed by atoms with E-state index < -0.39 is 0 Å². The maximum Gasteiger partial charge on any atom is 0.124 e. The zero-order valence-corrected chi connectivity index (χ0v) is 7.92. The number of nitrogens with zero attached hydrogens (tertiary/aromatic N) is 1. The lowest BCUT2D eigenvalue weighted by atomic mass is 10.4. The zero-order valence-electron chi connectivity index (χ0n) is 5.76. The van der Waals surface area contributed by atoms with E-state index >= 15 is 0 Å². The summed E-state index contributed by atoms with van der Waals surface area (Å²) in [6.45, 7) is 3.02. The van der Waals surface area contributed by atoms with Crippen molar-refractivity contribution >= 4 is 28.3 Å². The van der Waals surface area contributed by atoms with Crippen molar-refractivity contribution in [2.24, 2.45) is 0 Å². The molecule has 1 heterocycles. The van der Waals surface area contributed by atoms with Crippen LogP contribution in [-0.2, 0) is 0 Å². The van der Waals surface area contributed by atoms with Crippen LogP contribution in [0.15, 0.2) is 18.3 Å². The number of halogens is 1. The van der Waals surface area contributed by atoms with Crippen molar-refractivity contribution in [1.29, 1.82) is 0 Å². The monoisotopic (exact) mass is 248 g/mol. The molecule has 1 aromatic rings. The topological polar surface area (TPSA) is 24.9 Å². The Hall–Kier alpha value is -0.320. The Balaban J connectivity index is 2.81. The minimum absolute atomic E-state index is 0.946. The van der Waals surface area contributed by atoms with Crippen molar-refractivity contribution in [3.63, 3.8) is 0 Å². The predicted molar refractivity (Wildman–Crippen MR) is 51.1 cm³/mol. The Morgan fingerprint density at radius 2 is 2.50 bits per heavy atom. The summed E-state index contributed by atoms with van der Waals surface area (Å²) in [5, 5.41) is 3.21. The fraction of sp³-hybridized carbons (Fsp3) is 0.286. The van der Waals surface area contributed by atoms with Gasteiger partial charge in [0.1, 0.15) is 3.70 Å². The Labute approximate surface area is 74.2 Å². The summed E-state index contributed by atoms with van der Waals surface area (Å²) in [4.78, 5) is 4.12. The summed E-state index contributed by atoms with van der Waals surface area (Å²) in [6, 6.07) is 3.96. The van der Waals surface area contributed by atoms with Crippen molar-refractivity contribution in [2.75, 3.05) is 11.9 Å². The van der Waals surface area contributed by atoms with Crippen molar-refractivity contribution in [3.8, 4) is 0 Å². The summed E-state index contributed by atoms with van der Waals surface area (Å²) in [6.07, 6.45) is 1.79. The van der Waals surface area contributed by atoms with Crippen LogP contribution in [0.2, 0.25) is 0 Å². The lowest BCUT2D eigenvalue weighted by Gasteiger charge is -2.02. The first-order chi connectivity index (χ1) is 4.84. The van der Waals surface area contributed by atoms with E-state index in [-0.39, 0.29) is 0 Å². The molecule has 0 fully saturated rings. The van der Waals surface area contributed by atoms with Crippen LogP contribution >= 0.6 is 22.6 Å². The highest BCUT2D eigenvalue weighted by molar-refractivity contribution is 14.1. The lowest BCUT2D eigenvalue weighted by Crippen LogP contribution is -1.99. The quantitative estimate of drug-likeness (QED) is 0.640. The van der Waals surface area contributed by atoms with Crippen LogP contribution in [0.3, 0.4) is 0 Å². The molecule has 0 amide bonds. The van der Waals surface area contributed by atoms with E-state index in [1.54, 1.807) is 6.20 Å². The molecule has 54 valence electrons. The van der Waals surface area contributed by atoms with Gasteiger partial charge in [-0.15, -0.1) is 0 Å². The van der Waals surface area contributed by atoms with E-state index in [2.05, 4.69) is 39.8 Å². The van der Waals surface area contributed by atoms with E-state index in [1.165, 1.54) is 0 Å². The summed E-state index contributed by atoms with van der Waals surface area (Å²) in [5.41, 5.74) is 1.12. The van der Waals surface area contributed by atoms with E-state index in [0.29, 0.717) is 0 Å². The Morgan fingerprint density at radius 1 is 1.70 bits per heavy atom. The van der Waals surface area contributed by atoms with Crippen LogP contribution in [-0.4, -0.2) is 11.5 Å². The smallest absolute Gasteiger partial charge is 0.124 e.